The van der Waals surface area contributed by atoms with Crippen LogP contribution in [0.25, 0.3) is 0 Å². The highest BCUT2D eigenvalue weighted by Crippen LogP contribution is 2.45. The number of hydrogen-bond donors (Lipinski definition) is 2. The minimum absolute atomic E-state index is 0.0666. The summed E-state index contributed by atoms with van der Waals surface area (Å²) in [5, 5.41) is 12.3. The lowest BCUT2D eigenvalue weighted by atomic mass is 9.77. The topological polar surface area (TPSA) is 100 Å². The fourth-order valence-corrected chi connectivity index (χ4v) is 4.16. The maximum atomic E-state index is 13.0. The molecule has 2 N–H and O–H groups in total. The Morgan fingerprint density at radius 1 is 1.21 bits per heavy atom. The zero-order valence-corrected chi connectivity index (χ0v) is 16.0. The van der Waals surface area contributed by atoms with Crippen LogP contribution in [0.1, 0.15) is 48.6 Å². The number of ether oxygens (including phenoxy) is 2. The van der Waals surface area contributed by atoms with Crippen molar-refractivity contribution in [1.29, 1.82) is 5.26 Å². The summed E-state index contributed by atoms with van der Waals surface area (Å²) in [7, 11) is 3.20. The van der Waals surface area contributed by atoms with E-state index in [0.29, 0.717) is 28.7 Å². The number of fused-ring (bicyclic) bond motifs is 1. The van der Waals surface area contributed by atoms with Gasteiger partial charge in [-0.15, -0.1) is 0 Å². The van der Waals surface area contributed by atoms with Gasteiger partial charge in [0.2, 0.25) is 0 Å². The van der Waals surface area contributed by atoms with Gasteiger partial charge in [-0.25, -0.2) is 4.98 Å². The quantitative estimate of drug-likeness (QED) is 0.847. The summed E-state index contributed by atoms with van der Waals surface area (Å²) in [6.45, 7) is 0. The molecule has 2 aliphatic rings. The molecule has 7 nitrogen and oxygen atoms in total. The number of rotatable bonds is 4. The van der Waals surface area contributed by atoms with E-state index < -0.39 is 0 Å². The second kappa shape index (κ2) is 7.39. The predicted molar refractivity (Wildman–Crippen MR) is 105 cm³/mol. The molecular weight excluding hydrogens is 356 g/mol. The van der Waals surface area contributed by atoms with Crippen molar-refractivity contribution in [3.63, 3.8) is 0 Å². The summed E-state index contributed by atoms with van der Waals surface area (Å²) in [4.78, 5) is 20.3. The Morgan fingerprint density at radius 2 is 2.00 bits per heavy atom. The lowest BCUT2D eigenvalue weighted by molar-refractivity contribution is 0.354. The van der Waals surface area contributed by atoms with E-state index in [9.17, 15) is 4.79 Å². The number of H-pyrrole nitrogens is 1. The van der Waals surface area contributed by atoms with Gasteiger partial charge in [-0.1, -0.05) is 6.07 Å². The maximum absolute atomic E-state index is 13.0. The van der Waals surface area contributed by atoms with Crippen molar-refractivity contribution in [3.05, 3.63) is 56.8 Å². The van der Waals surface area contributed by atoms with Gasteiger partial charge in [0.1, 0.15) is 11.6 Å². The number of nitriles is 1. The maximum Gasteiger partial charge on any atom is 0.257 e. The van der Waals surface area contributed by atoms with Crippen LogP contribution in [0.4, 0.5) is 5.82 Å². The second-order valence-corrected chi connectivity index (χ2v) is 6.99. The zero-order chi connectivity index (χ0) is 19.7. The van der Waals surface area contributed by atoms with Gasteiger partial charge in [-0.2, -0.15) is 5.26 Å². The lowest BCUT2D eigenvalue weighted by Gasteiger charge is -2.34. The van der Waals surface area contributed by atoms with E-state index in [1.54, 1.807) is 14.2 Å². The minimum Gasteiger partial charge on any atom is -0.493 e. The Kier molecular flexibility index (Phi) is 4.78. The molecule has 0 bridgehead atoms. The average Bonchev–Trinajstić information content (AvgIpc) is 2.72. The second-order valence-electron chi connectivity index (χ2n) is 6.99. The highest BCUT2D eigenvalue weighted by atomic mass is 16.5. The van der Waals surface area contributed by atoms with Crippen molar-refractivity contribution in [3.8, 4) is 17.6 Å². The summed E-state index contributed by atoms with van der Waals surface area (Å²) >= 11 is 0. The summed E-state index contributed by atoms with van der Waals surface area (Å²) < 4.78 is 10.8. The minimum atomic E-state index is -0.209. The lowest BCUT2D eigenvalue weighted by Crippen LogP contribution is -2.30. The third-order valence-corrected chi connectivity index (χ3v) is 5.41. The van der Waals surface area contributed by atoms with Crippen LogP contribution in [0.2, 0.25) is 0 Å². The molecule has 4 rings (SSSR count). The van der Waals surface area contributed by atoms with Crippen molar-refractivity contribution >= 4 is 5.82 Å². The van der Waals surface area contributed by atoms with Gasteiger partial charge in [0, 0.05) is 11.6 Å². The third kappa shape index (κ3) is 3.01. The first kappa shape index (κ1) is 18.1. The highest BCUT2D eigenvalue weighted by Gasteiger charge is 2.34. The summed E-state index contributed by atoms with van der Waals surface area (Å²) in [6.07, 6.45) is 4.13. The molecule has 0 amide bonds. The smallest absolute Gasteiger partial charge is 0.257 e. The number of hydrogen-bond acceptors (Lipinski definition) is 6. The van der Waals surface area contributed by atoms with Crippen LogP contribution < -0.4 is 20.3 Å². The van der Waals surface area contributed by atoms with Crippen molar-refractivity contribution < 1.29 is 9.47 Å². The Labute approximate surface area is 163 Å². The molecule has 7 heteroatoms. The van der Waals surface area contributed by atoms with Crippen molar-refractivity contribution in [2.75, 3.05) is 19.5 Å². The predicted octanol–water partition coefficient (Wildman–Crippen LogP) is 3.24. The van der Waals surface area contributed by atoms with Gasteiger partial charge in [0.25, 0.3) is 5.56 Å². The van der Waals surface area contributed by atoms with E-state index in [-0.39, 0.29) is 17.9 Å². The Balaban J connectivity index is 1.91. The van der Waals surface area contributed by atoms with Crippen LogP contribution >= 0.6 is 0 Å². The van der Waals surface area contributed by atoms with Crippen LogP contribution in [0.3, 0.4) is 0 Å². The summed E-state index contributed by atoms with van der Waals surface area (Å²) in [5.41, 5.74) is 3.72. The number of anilines is 1. The van der Waals surface area contributed by atoms with Gasteiger partial charge >= 0.3 is 0 Å². The molecular formula is C21H22N4O3. The fraction of sp³-hybridized carbons (Fsp3) is 0.381. The van der Waals surface area contributed by atoms with Crippen LogP contribution in [0, 0.1) is 11.3 Å². The molecule has 2 heterocycles. The number of benzene rings is 1. The van der Waals surface area contributed by atoms with E-state index in [0.717, 1.165) is 36.9 Å². The Morgan fingerprint density at radius 3 is 2.75 bits per heavy atom. The van der Waals surface area contributed by atoms with Crippen molar-refractivity contribution in [2.24, 2.45) is 0 Å². The molecule has 1 aliphatic carbocycles. The highest BCUT2D eigenvalue weighted by molar-refractivity contribution is 5.63. The number of methoxy groups -OCH3 is 2. The van der Waals surface area contributed by atoms with Gasteiger partial charge in [0.15, 0.2) is 11.5 Å². The van der Waals surface area contributed by atoms with Crippen LogP contribution in [-0.2, 0) is 6.42 Å². The standard InChI is InChI=1S/C21H22N4O3/c1-27-15-8-7-12(11-16(15)28-2)18-13-5-3-4-6-14(13)23-20-19(18)21(26)25-17(24-20)9-10-22/h7-8,11,18H,3-6,9H2,1-2H3,(H2,23,24,25,26). The molecule has 1 aromatic carbocycles. The molecule has 2 aromatic rings. The average molecular weight is 378 g/mol. The number of aromatic amines is 1. The summed E-state index contributed by atoms with van der Waals surface area (Å²) in [6, 6.07) is 7.81. The molecule has 0 spiro atoms. The van der Waals surface area contributed by atoms with Gasteiger partial charge < -0.3 is 19.8 Å². The van der Waals surface area contributed by atoms with Gasteiger partial charge in [-0.3, -0.25) is 4.79 Å². The normalized spacial score (nSPS) is 17.8. The molecule has 0 saturated carbocycles. The molecule has 1 aliphatic heterocycles. The number of allylic oxidation sites excluding steroid dienone is 2. The molecule has 0 saturated heterocycles. The fourth-order valence-electron chi connectivity index (χ4n) is 4.16. The molecule has 28 heavy (non-hydrogen) atoms. The van der Waals surface area contributed by atoms with Gasteiger partial charge in [-0.05, 0) is 49.0 Å². The first-order chi connectivity index (χ1) is 13.7. The van der Waals surface area contributed by atoms with Crippen LogP contribution in [-0.4, -0.2) is 24.2 Å². The first-order valence-corrected chi connectivity index (χ1v) is 9.37. The van der Waals surface area contributed by atoms with Crippen LogP contribution in [0.15, 0.2) is 34.3 Å². The molecule has 1 unspecified atom stereocenters. The summed E-state index contributed by atoms with van der Waals surface area (Å²) in [5.74, 6) is 2.01. The van der Waals surface area contributed by atoms with Crippen molar-refractivity contribution in [2.45, 2.75) is 38.0 Å². The van der Waals surface area contributed by atoms with E-state index in [2.05, 4.69) is 15.3 Å². The SMILES string of the molecule is COc1ccc(C2C3=C(CCCC3)Nc3nc(CC#N)[nH]c(=O)c32)cc1OC. The number of nitrogens with zero attached hydrogens (tertiary/aromatic N) is 2. The molecule has 1 aromatic heterocycles. The van der Waals surface area contributed by atoms with E-state index in [1.165, 1.54) is 5.57 Å². The van der Waals surface area contributed by atoms with Crippen LogP contribution in [0.5, 0.6) is 11.5 Å². The van der Waals surface area contributed by atoms with Gasteiger partial charge in [0.05, 0.1) is 32.3 Å². The largest absolute Gasteiger partial charge is 0.493 e. The van der Waals surface area contributed by atoms with Crippen molar-refractivity contribution in [1.82, 2.24) is 9.97 Å². The molecule has 0 fully saturated rings. The first-order valence-electron chi connectivity index (χ1n) is 9.37. The Bertz CT molecular complexity index is 1050. The van der Waals surface area contributed by atoms with E-state index >= 15 is 0 Å². The molecule has 1 atom stereocenters. The van der Waals surface area contributed by atoms with E-state index in [1.807, 2.05) is 24.3 Å². The van der Waals surface area contributed by atoms with E-state index in [4.69, 9.17) is 14.7 Å². The third-order valence-electron chi connectivity index (χ3n) is 5.41. The number of aromatic nitrogens is 2. The Hall–Kier alpha value is -3.27. The monoisotopic (exact) mass is 378 g/mol. The molecule has 144 valence electrons. The zero-order valence-electron chi connectivity index (χ0n) is 16.0. The molecule has 0 radical (unpaired) electrons. The number of nitrogens with one attached hydrogen (secondary N) is 2.